The van der Waals surface area contributed by atoms with Crippen LogP contribution in [-0.2, 0) is 0 Å². The number of rotatable bonds is 3. The van der Waals surface area contributed by atoms with Gasteiger partial charge in [-0.25, -0.2) is 39.5 Å². The van der Waals surface area contributed by atoms with Crippen molar-refractivity contribution >= 4 is 27.4 Å². The Balaban J connectivity index is 2.48. The van der Waals surface area contributed by atoms with Gasteiger partial charge in [-0.2, -0.15) is 0 Å². The number of hydrogen-bond acceptors (Lipinski definition) is 0. The Morgan fingerprint density at radius 1 is 0.483 bits per heavy atom. The van der Waals surface area contributed by atoms with E-state index in [4.69, 9.17) is 0 Å². The topological polar surface area (TPSA) is 0 Å². The summed E-state index contributed by atoms with van der Waals surface area (Å²) in [5, 5.41) is 0. The summed E-state index contributed by atoms with van der Waals surface area (Å²) in [6, 6.07) is 0.863. The smallest absolute Gasteiger partial charge is 0.208 e. The third-order valence-corrected chi connectivity index (χ3v) is 7.95. The van der Waals surface area contributed by atoms with E-state index in [-0.39, 0.29) is 30.3 Å². The van der Waals surface area contributed by atoms with Crippen LogP contribution < -0.4 is 13.3 Å². The van der Waals surface area contributed by atoms with Gasteiger partial charge in [-0.15, -0.1) is 0 Å². The van der Waals surface area contributed by atoms with E-state index in [9.17, 15) is 39.5 Å². The Morgan fingerprint density at radius 2 is 0.828 bits per heavy atom. The molecule has 3 rings (SSSR count). The van der Waals surface area contributed by atoms with E-state index >= 15 is 0 Å². The molecule has 3 aromatic carbocycles. The number of hydrogen-bond donors (Lipinski definition) is 0. The summed E-state index contributed by atoms with van der Waals surface area (Å²) < 4.78 is 124. The fourth-order valence-corrected chi connectivity index (χ4v) is 6.40. The summed E-state index contributed by atoms with van der Waals surface area (Å²) in [4.78, 5) is 0. The first kappa shape index (κ1) is 21.3. The zero-order chi connectivity index (χ0) is 21.6. The second kappa shape index (κ2) is 7.77. The molecule has 0 spiro atoms. The third kappa shape index (κ3) is 3.74. The predicted octanol–water partition coefficient (Wildman–Crippen LogP) is 3.76. The lowest BCUT2D eigenvalue weighted by Crippen LogP contribution is -2.59. The average Bonchev–Trinajstić information content (AvgIpc) is 2.57. The molecule has 0 saturated heterocycles. The fourth-order valence-electron chi connectivity index (χ4n) is 3.17. The van der Waals surface area contributed by atoms with Crippen molar-refractivity contribution in [1.29, 1.82) is 0 Å². The minimum absolute atomic E-state index is 0.0658. The SMILES string of the molecule is Cc1c(F)c(F)cc(F)[c]1[Al]([c]1c(F)cc(F)cc1F)[c]1c(F)cc(F)cc1F. The van der Waals surface area contributed by atoms with Crippen LogP contribution in [-0.4, -0.2) is 14.1 Å². The first-order chi connectivity index (χ1) is 13.5. The molecule has 0 atom stereocenters. The lowest BCUT2D eigenvalue weighted by Gasteiger charge is -2.20. The zero-order valence-electron chi connectivity index (χ0n) is 14.4. The maximum atomic E-state index is 14.6. The molecule has 10 heteroatoms. The summed E-state index contributed by atoms with van der Waals surface area (Å²) in [5.74, 6) is -13.9. The molecule has 0 unspecified atom stereocenters. The first-order valence-electron chi connectivity index (χ1n) is 7.95. The number of benzene rings is 3. The van der Waals surface area contributed by atoms with E-state index in [0.29, 0.717) is 0 Å². The van der Waals surface area contributed by atoms with Crippen LogP contribution in [0.5, 0.6) is 0 Å². The van der Waals surface area contributed by atoms with Crippen molar-refractivity contribution in [2.75, 3.05) is 0 Å². The molecule has 150 valence electrons. The van der Waals surface area contributed by atoms with E-state index in [2.05, 4.69) is 0 Å². The van der Waals surface area contributed by atoms with Gasteiger partial charge >= 0.3 is 14.1 Å². The number of halogens is 9. The summed E-state index contributed by atoms with van der Waals surface area (Å²) in [7, 11) is 0. The van der Waals surface area contributed by atoms with Crippen LogP contribution in [0.2, 0.25) is 0 Å². The largest absolute Gasteiger partial charge is 0.407 e. The maximum absolute atomic E-state index is 14.6. The summed E-state index contributed by atoms with van der Waals surface area (Å²) in [6.45, 7) is 0.857. The molecule has 0 nitrogen and oxygen atoms in total. The van der Waals surface area contributed by atoms with E-state index in [1.54, 1.807) is 0 Å². The Morgan fingerprint density at radius 3 is 1.21 bits per heavy atom. The monoisotopic (exact) mass is 434 g/mol. The van der Waals surface area contributed by atoms with Gasteiger partial charge in [-0.3, -0.25) is 0 Å². The fraction of sp³-hybridized carbons (Fsp3) is 0.0526. The summed E-state index contributed by atoms with van der Waals surface area (Å²) in [6.07, 6.45) is 0. The van der Waals surface area contributed by atoms with Crippen molar-refractivity contribution in [2.45, 2.75) is 6.92 Å². The standard InChI is InChI=1S/C7H4F3.2C6H2F3.Al/c1-4-2-5(8)3-6(9)7(4)10;2*7-4-1-5(8)3-6(9)2-4;/h3H,1H3;2*1-2H;. The Bertz CT molecular complexity index is 1020. The highest BCUT2D eigenvalue weighted by Gasteiger charge is 2.40. The van der Waals surface area contributed by atoms with Gasteiger partial charge in [0.2, 0.25) is 0 Å². The van der Waals surface area contributed by atoms with Gasteiger partial charge in [0.05, 0.1) is 0 Å². The molecule has 0 saturated carbocycles. The van der Waals surface area contributed by atoms with Gasteiger partial charge < -0.3 is 0 Å². The second-order valence-electron chi connectivity index (χ2n) is 6.19. The van der Waals surface area contributed by atoms with Crippen molar-refractivity contribution in [3.8, 4) is 0 Å². The highest BCUT2D eigenvalue weighted by Crippen LogP contribution is 2.17. The van der Waals surface area contributed by atoms with Crippen molar-refractivity contribution in [1.82, 2.24) is 0 Å². The second-order valence-corrected chi connectivity index (χ2v) is 8.79. The molecule has 0 N–H and O–H groups in total. The van der Waals surface area contributed by atoms with Gasteiger partial charge in [0.25, 0.3) is 0 Å². The summed E-state index contributed by atoms with van der Waals surface area (Å²) >= 11 is -4.25. The van der Waals surface area contributed by atoms with Gasteiger partial charge in [-0.05, 0) is 21.3 Å². The average molecular weight is 434 g/mol. The molecule has 29 heavy (non-hydrogen) atoms. The van der Waals surface area contributed by atoms with Crippen LogP contribution in [0.1, 0.15) is 5.56 Å². The Labute approximate surface area is 162 Å². The zero-order valence-corrected chi connectivity index (χ0v) is 15.5. The van der Waals surface area contributed by atoms with Crippen molar-refractivity contribution < 1.29 is 39.5 Å². The molecule has 0 heterocycles. The minimum Gasteiger partial charge on any atom is -0.208 e. The highest BCUT2D eigenvalue weighted by atomic mass is 27.2. The Kier molecular flexibility index (Phi) is 5.70. The van der Waals surface area contributed by atoms with Crippen molar-refractivity contribution in [2.24, 2.45) is 0 Å². The quantitative estimate of drug-likeness (QED) is 0.335. The molecule has 3 aromatic rings. The van der Waals surface area contributed by atoms with Crippen molar-refractivity contribution in [3.05, 3.63) is 88.3 Å². The van der Waals surface area contributed by atoms with Crippen LogP contribution in [0.3, 0.4) is 0 Å². The van der Waals surface area contributed by atoms with Crippen LogP contribution in [0.15, 0.2) is 30.3 Å². The molecular weight excluding hydrogens is 426 g/mol. The lowest BCUT2D eigenvalue weighted by atomic mass is 10.2. The van der Waals surface area contributed by atoms with E-state index < -0.39 is 85.3 Å². The molecule has 0 aliphatic rings. The maximum Gasteiger partial charge on any atom is 0.407 e. The van der Waals surface area contributed by atoms with Crippen LogP contribution in [0.4, 0.5) is 39.5 Å². The molecule has 0 aromatic heterocycles. The van der Waals surface area contributed by atoms with E-state index in [1.807, 2.05) is 0 Å². The van der Waals surface area contributed by atoms with Gasteiger partial charge in [-0.1, -0.05) is 4.43 Å². The van der Waals surface area contributed by atoms with Crippen LogP contribution >= 0.6 is 0 Å². The highest BCUT2D eigenvalue weighted by molar-refractivity contribution is 6.96. The molecule has 0 aliphatic heterocycles. The van der Waals surface area contributed by atoms with Crippen molar-refractivity contribution in [3.63, 3.8) is 0 Å². The molecule has 0 fully saturated rings. The molecule has 0 aliphatic carbocycles. The van der Waals surface area contributed by atoms with Gasteiger partial charge in [0, 0.05) is 30.3 Å². The van der Waals surface area contributed by atoms with E-state index in [1.165, 1.54) is 0 Å². The minimum atomic E-state index is -4.25. The van der Waals surface area contributed by atoms with Gasteiger partial charge in [0.1, 0.15) is 40.7 Å². The first-order valence-corrected chi connectivity index (χ1v) is 9.69. The molecular formula is C19H8AlF9. The summed E-state index contributed by atoms with van der Waals surface area (Å²) in [5.41, 5.74) is -0.773. The van der Waals surface area contributed by atoms with E-state index in [0.717, 1.165) is 6.92 Å². The van der Waals surface area contributed by atoms with Gasteiger partial charge in [0.15, 0.2) is 11.6 Å². The Hall–Kier alpha value is -2.44. The normalized spacial score (nSPS) is 11.1. The predicted molar refractivity (Wildman–Crippen MR) is 88.3 cm³/mol. The molecule has 0 amide bonds. The van der Waals surface area contributed by atoms with Crippen LogP contribution in [0, 0.1) is 59.3 Å². The third-order valence-electron chi connectivity index (χ3n) is 4.41. The van der Waals surface area contributed by atoms with Crippen LogP contribution in [0.25, 0.3) is 0 Å². The molecule has 0 radical (unpaired) electrons. The lowest BCUT2D eigenvalue weighted by molar-refractivity contribution is 0.492. The molecule has 0 bridgehead atoms.